The highest BCUT2D eigenvalue weighted by molar-refractivity contribution is 5.94. The van der Waals surface area contributed by atoms with Crippen LogP contribution in [0.4, 0.5) is 0 Å². The van der Waals surface area contributed by atoms with Crippen molar-refractivity contribution in [3.8, 4) is 11.4 Å². The van der Waals surface area contributed by atoms with E-state index in [4.69, 9.17) is 9.84 Å². The molecule has 0 amide bonds. The van der Waals surface area contributed by atoms with Gasteiger partial charge in [-0.25, -0.2) is 4.98 Å². The molecule has 0 aliphatic rings. The molecular formula is C16H17N3O2. The van der Waals surface area contributed by atoms with E-state index in [1.54, 1.807) is 12.4 Å². The van der Waals surface area contributed by atoms with Crippen LogP contribution >= 0.6 is 0 Å². The van der Waals surface area contributed by atoms with Crippen LogP contribution in [0.3, 0.4) is 0 Å². The van der Waals surface area contributed by atoms with Crippen molar-refractivity contribution in [1.82, 2.24) is 14.5 Å². The summed E-state index contributed by atoms with van der Waals surface area (Å²) < 4.78 is 7.39. The van der Waals surface area contributed by atoms with Crippen molar-refractivity contribution >= 4 is 10.8 Å². The average molecular weight is 283 g/mol. The van der Waals surface area contributed by atoms with Gasteiger partial charge in [0.25, 0.3) is 0 Å². The minimum absolute atomic E-state index is 0.0487. The highest BCUT2D eigenvalue weighted by atomic mass is 16.5. The minimum atomic E-state index is 0.0487. The van der Waals surface area contributed by atoms with Gasteiger partial charge in [0.05, 0.1) is 19.8 Å². The maximum absolute atomic E-state index is 8.72. The zero-order chi connectivity index (χ0) is 14.5. The summed E-state index contributed by atoms with van der Waals surface area (Å²) in [5.74, 6) is 0.916. The van der Waals surface area contributed by atoms with Gasteiger partial charge in [-0.05, 0) is 11.5 Å². The summed E-state index contributed by atoms with van der Waals surface area (Å²) in [6.45, 7) is 1.67. The van der Waals surface area contributed by atoms with Crippen molar-refractivity contribution in [2.24, 2.45) is 0 Å². The molecule has 5 nitrogen and oxygen atoms in total. The van der Waals surface area contributed by atoms with E-state index in [0.29, 0.717) is 19.8 Å². The fraction of sp³-hybridized carbons (Fsp3) is 0.250. The van der Waals surface area contributed by atoms with Crippen LogP contribution in [0.25, 0.3) is 22.2 Å². The first-order valence-corrected chi connectivity index (χ1v) is 6.93. The molecule has 1 N–H and O–H groups in total. The van der Waals surface area contributed by atoms with Crippen LogP contribution in [0.2, 0.25) is 0 Å². The first kappa shape index (κ1) is 13.7. The molecule has 0 atom stereocenters. The topological polar surface area (TPSA) is 60.2 Å². The molecule has 2 aromatic heterocycles. The van der Waals surface area contributed by atoms with Crippen LogP contribution in [0, 0.1) is 0 Å². The van der Waals surface area contributed by atoms with E-state index in [-0.39, 0.29) is 6.61 Å². The molecule has 0 radical (unpaired) electrons. The Morgan fingerprint density at radius 1 is 1.14 bits per heavy atom. The Hall–Kier alpha value is -2.24. The minimum Gasteiger partial charge on any atom is -0.394 e. The third kappa shape index (κ3) is 2.94. The summed E-state index contributed by atoms with van der Waals surface area (Å²) in [4.78, 5) is 8.63. The Kier molecular flexibility index (Phi) is 4.23. The molecule has 5 heteroatoms. The number of nitrogens with zero attached hydrogens (tertiary/aromatic N) is 3. The molecule has 0 aliphatic carbocycles. The SMILES string of the molecule is OCCOCCn1ccnc1-c1cccc2cnccc12. The van der Waals surface area contributed by atoms with E-state index in [1.807, 2.05) is 30.6 Å². The van der Waals surface area contributed by atoms with Crippen LogP contribution in [0.1, 0.15) is 0 Å². The van der Waals surface area contributed by atoms with E-state index in [2.05, 4.69) is 20.6 Å². The Labute approximate surface area is 122 Å². The maximum Gasteiger partial charge on any atom is 0.140 e. The second-order valence-electron chi connectivity index (χ2n) is 4.68. The lowest BCUT2D eigenvalue weighted by molar-refractivity contribution is 0.0872. The number of ether oxygens (including phenoxy) is 1. The summed E-state index contributed by atoms with van der Waals surface area (Å²) in [7, 11) is 0. The third-order valence-electron chi connectivity index (χ3n) is 3.35. The fourth-order valence-corrected chi connectivity index (χ4v) is 2.38. The quantitative estimate of drug-likeness (QED) is 0.704. The van der Waals surface area contributed by atoms with E-state index in [9.17, 15) is 0 Å². The third-order valence-corrected chi connectivity index (χ3v) is 3.35. The Bertz CT molecular complexity index is 719. The molecule has 2 heterocycles. The van der Waals surface area contributed by atoms with Crippen LogP contribution < -0.4 is 0 Å². The molecule has 0 fully saturated rings. The van der Waals surface area contributed by atoms with Gasteiger partial charge < -0.3 is 14.4 Å². The van der Waals surface area contributed by atoms with Crippen molar-refractivity contribution in [2.45, 2.75) is 6.54 Å². The van der Waals surface area contributed by atoms with E-state index in [0.717, 1.165) is 22.2 Å². The van der Waals surface area contributed by atoms with Gasteiger partial charge in [0.15, 0.2) is 0 Å². The van der Waals surface area contributed by atoms with Gasteiger partial charge in [0.1, 0.15) is 5.82 Å². The number of rotatable bonds is 6. The van der Waals surface area contributed by atoms with Gasteiger partial charge >= 0.3 is 0 Å². The molecule has 0 saturated carbocycles. The van der Waals surface area contributed by atoms with Gasteiger partial charge in [-0.3, -0.25) is 4.98 Å². The predicted molar refractivity (Wildman–Crippen MR) is 80.9 cm³/mol. The van der Waals surface area contributed by atoms with Crippen molar-refractivity contribution in [1.29, 1.82) is 0 Å². The number of aliphatic hydroxyl groups is 1. The number of hydrogen-bond donors (Lipinski definition) is 1. The molecule has 0 aliphatic heterocycles. The summed E-state index contributed by atoms with van der Waals surface area (Å²) in [5.41, 5.74) is 1.09. The number of pyridine rings is 1. The lowest BCUT2D eigenvalue weighted by atomic mass is 10.1. The standard InChI is InChI=1S/C16H17N3O2/c20-9-11-21-10-8-19-7-6-18-16(19)15-3-1-2-13-12-17-5-4-14(13)15/h1-7,12,20H,8-11H2. The lowest BCUT2D eigenvalue weighted by Crippen LogP contribution is -2.09. The normalized spacial score (nSPS) is 11.1. The van der Waals surface area contributed by atoms with Gasteiger partial charge in [-0.1, -0.05) is 18.2 Å². The highest BCUT2D eigenvalue weighted by Crippen LogP contribution is 2.26. The Morgan fingerprint density at radius 3 is 3.00 bits per heavy atom. The number of aromatic nitrogens is 3. The first-order chi connectivity index (χ1) is 10.4. The first-order valence-electron chi connectivity index (χ1n) is 6.93. The van der Waals surface area contributed by atoms with Gasteiger partial charge in [-0.2, -0.15) is 0 Å². The molecule has 0 unspecified atom stereocenters. The average Bonchev–Trinajstić information content (AvgIpc) is 2.99. The molecule has 0 saturated heterocycles. The van der Waals surface area contributed by atoms with E-state index >= 15 is 0 Å². The van der Waals surface area contributed by atoms with E-state index < -0.39 is 0 Å². The van der Waals surface area contributed by atoms with Crippen molar-refractivity contribution in [2.75, 3.05) is 19.8 Å². The van der Waals surface area contributed by atoms with Crippen molar-refractivity contribution < 1.29 is 9.84 Å². The van der Waals surface area contributed by atoms with Gasteiger partial charge in [0.2, 0.25) is 0 Å². The largest absolute Gasteiger partial charge is 0.394 e. The summed E-state index contributed by atoms with van der Waals surface area (Å²) >= 11 is 0. The van der Waals surface area contributed by atoms with Crippen molar-refractivity contribution in [3.63, 3.8) is 0 Å². The smallest absolute Gasteiger partial charge is 0.140 e. The van der Waals surface area contributed by atoms with Crippen LogP contribution in [-0.4, -0.2) is 39.5 Å². The van der Waals surface area contributed by atoms with Gasteiger partial charge in [0, 0.05) is 42.3 Å². The summed E-state index contributed by atoms with van der Waals surface area (Å²) in [5, 5.41) is 11.0. The Balaban J connectivity index is 1.91. The second kappa shape index (κ2) is 6.47. The summed E-state index contributed by atoms with van der Waals surface area (Å²) in [6.07, 6.45) is 7.39. The second-order valence-corrected chi connectivity index (χ2v) is 4.68. The number of hydrogen-bond acceptors (Lipinski definition) is 4. The summed E-state index contributed by atoms with van der Waals surface area (Å²) in [6, 6.07) is 8.13. The van der Waals surface area contributed by atoms with E-state index in [1.165, 1.54) is 0 Å². The molecule has 108 valence electrons. The number of fused-ring (bicyclic) bond motifs is 1. The molecule has 3 aromatic rings. The lowest BCUT2D eigenvalue weighted by Gasteiger charge is -2.10. The number of imidazole rings is 1. The molecule has 0 bridgehead atoms. The fourth-order valence-electron chi connectivity index (χ4n) is 2.38. The van der Waals surface area contributed by atoms with Crippen molar-refractivity contribution in [3.05, 3.63) is 49.1 Å². The highest BCUT2D eigenvalue weighted by Gasteiger charge is 2.09. The van der Waals surface area contributed by atoms with Gasteiger partial charge in [-0.15, -0.1) is 0 Å². The molecule has 21 heavy (non-hydrogen) atoms. The number of benzene rings is 1. The predicted octanol–water partition coefficient (Wildman–Crippen LogP) is 2.11. The Morgan fingerprint density at radius 2 is 2.10 bits per heavy atom. The maximum atomic E-state index is 8.72. The molecule has 1 aromatic carbocycles. The zero-order valence-corrected chi connectivity index (χ0v) is 11.6. The monoisotopic (exact) mass is 283 g/mol. The zero-order valence-electron chi connectivity index (χ0n) is 11.6. The van der Waals surface area contributed by atoms with Crippen LogP contribution in [-0.2, 0) is 11.3 Å². The van der Waals surface area contributed by atoms with Crippen LogP contribution in [0.15, 0.2) is 49.1 Å². The molecule has 0 spiro atoms. The molecule has 3 rings (SSSR count). The van der Waals surface area contributed by atoms with Crippen LogP contribution in [0.5, 0.6) is 0 Å². The number of aliphatic hydroxyl groups excluding tert-OH is 1. The molecular weight excluding hydrogens is 266 g/mol.